The highest BCUT2D eigenvalue weighted by atomic mass is 19.1. The number of hydrogen-bond donors (Lipinski definition) is 0. The number of hydrogen-bond acceptors (Lipinski definition) is 4. The van der Waals surface area contributed by atoms with Crippen molar-refractivity contribution in [2.24, 2.45) is 5.41 Å². The minimum atomic E-state index is -0.750. The Kier molecular flexibility index (Phi) is 3.19. The van der Waals surface area contributed by atoms with E-state index in [0.717, 1.165) is 31.7 Å². The lowest BCUT2D eigenvalue weighted by Crippen LogP contribution is -2.55. The molecule has 0 aliphatic heterocycles. The molecular weight excluding hydrogens is 277 g/mol. The molecule has 1 spiro atoms. The van der Waals surface area contributed by atoms with Crippen LogP contribution in [0.1, 0.15) is 37.7 Å². The summed E-state index contributed by atoms with van der Waals surface area (Å²) in [7, 11) is 0. The SMILES string of the molecule is Cc1cc(OC2CC(=O)C23CCCC3)c(F)cc1[N+](=O)[O-]. The van der Waals surface area contributed by atoms with E-state index in [-0.39, 0.29) is 23.3 Å². The van der Waals surface area contributed by atoms with Gasteiger partial charge < -0.3 is 4.74 Å². The lowest BCUT2D eigenvalue weighted by molar-refractivity contribution is -0.385. The van der Waals surface area contributed by atoms with Gasteiger partial charge in [-0.25, -0.2) is 4.39 Å². The van der Waals surface area contributed by atoms with Crippen LogP contribution in [0.25, 0.3) is 0 Å². The second-order valence-corrected chi connectivity index (χ2v) is 5.92. The van der Waals surface area contributed by atoms with E-state index in [4.69, 9.17) is 4.74 Å². The van der Waals surface area contributed by atoms with Crippen LogP contribution in [0.15, 0.2) is 12.1 Å². The van der Waals surface area contributed by atoms with Crippen LogP contribution in [-0.4, -0.2) is 16.8 Å². The Hall–Kier alpha value is -1.98. The van der Waals surface area contributed by atoms with E-state index in [1.165, 1.54) is 6.07 Å². The monoisotopic (exact) mass is 293 g/mol. The van der Waals surface area contributed by atoms with Gasteiger partial charge in [-0.3, -0.25) is 14.9 Å². The third kappa shape index (κ3) is 2.09. The average Bonchev–Trinajstić information content (AvgIpc) is 2.94. The lowest BCUT2D eigenvalue weighted by Gasteiger charge is -2.44. The zero-order valence-corrected chi connectivity index (χ0v) is 11.7. The molecule has 1 aromatic carbocycles. The molecule has 2 fully saturated rings. The second-order valence-electron chi connectivity index (χ2n) is 5.92. The van der Waals surface area contributed by atoms with Crippen molar-refractivity contribution >= 4 is 11.5 Å². The van der Waals surface area contributed by atoms with Gasteiger partial charge in [0.2, 0.25) is 0 Å². The Morgan fingerprint density at radius 1 is 1.38 bits per heavy atom. The number of halogens is 1. The number of carbonyl (C=O) groups excluding carboxylic acids is 1. The molecule has 0 N–H and O–H groups in total. The largest absolute Gasteiger partial charge is 0.486 e. The predicted molar refractivity (Wildman–Crippen MR) is 72.7 cm³/mol. The molecule has 0 aromatic heterocycles. The van der Waals surface area contributed by atoms with Crippen molar-refractivity contribution in [3.63, 3.8) is 0 Å². The van der Waals surface area contributed by atoms with Gasteiger partial charge in [0.15, 0.2) is 11.6 Å². The molecule has 0 bridgehead atoms. The highest BCUT2D eigenvalue weighted by Gasteiger charge is 2.57. The van der Waals surface area contributed by atoms with Gasteiger partial charge >= 0.3 is 0 Å². The first-order valence-corrected chi connectivity index (χ1v) is 7.08. The number of nitro benzene ring substituents is 1. The van der Waals surface area contributed by atoms with Crippen molar-refractivity contribution in [3.05, 3.63) is 33.6 Å². The first-order valence-electron chi connectivity index (χ1n) is 7.08. The molecule has 0 amide bonds. The summed E-state index contributed by atoms with van der Waals surface area (Å²) in [4.78, 5) is 22.0. The number of aryl methyl sites for hydroxylation is 1. The summed E-state index contributed by atoms with van der Waals surface area (Å²) < 4.78 is 19.7. The minimum absolute atomic E-state index is 0.00174. The van der Waals surface area contributed by atoms with Gasteiger partial charge in [-0.05, 0) is 25.8 Å². The molecule has 112 valence electrons. The summed E-state index contributed by atoms with van der Waals surface area (Å²) in [5, 5.41) is 10.8. The molecule has 3 rings (SSSR count). The Labute approximate surface area is 121 Å². The molecule has 2 aliphatic carbocycles. The molecule has 1 unspecified atom stereocenters. The Morgan fingerprint density at radius 2 is 2.05 bits per heavy atom. The number of nitro groups is 1. The molecular formula is C15H16FNO4. The molecule has 6 heteroatoms. The number of nitrogens with zero attached hydrogens (tertiary/aromatic N) is 1. The Morgan fingerprint density at radius 3 is 2.62 bits per heavy atom. The van der Waals surface area contributed by atoms with Gasteiger partial charge in [0.1, 0.15) is 11.9 Å². The van der Waals surface area contributed by atoms with Crippen molar-refractivity contribution in [2.45, 2.75) is 45.1 Å². The fraction of sp³-hybridized carbons (Fsp3) is 0.533. The normalized spacial score (nSPS) is 23.1. The first-order chi connectivity index (χ1) is 9.94. The maximum Gasteiger partial charge on any atom is 0.275 e. The molecule has 21 heavy (non-hydrogen) atoms. The molecule has 2 saturated carbocycles. The number of carbonyl (C=O) groups is 1. The van der Waals surface area contributed by atoms with Crippen LogP contribution in [-0.2, 0) is 4.79 Å². The molecule has 0 saturated heterocycles. The van der Waals surface area contributed by atoms with Gasteiger partial charge in [-0.2, -0.15) is 0 Å². The van der Waals surface area contributed by atoms with Crippen molar-refractivity contribution in [1.82, 2.24) is 0 Å². The number of ketones is 1. The van der Waals surface area contributed by atoms with E-state index in [1.807, 2.05) is 0 Å². The number of rotatable bonds is 3. The summed E-state index contributed by atoms with van der Waals surface area (Å²) in [6, 6.07) is 2.23. The molecule has 2 aliphatic rings. The predicted octanol–water partition coefficient (Wildman–Crippen LogP) is 3.32. The van der Waals surface area contributed by atoms with Crippen LogP contribution in [0.5, 0.6) is 5.75 Å². The summed E-state index contributed by atoms with van der Waals surface area (Å²) >= 11 is 0. The summed E-state index contributed by atoms with van der Waals surface area (Å²) in [5.74, 6) is -0.550. The fourth-order valence-electron chi connectivity index (χ4n) is 3.46. The van der Waals surface area contributed by atoms with Gasteiger partial charge in [0.05, 0.1) is 16.4 Å². The third-order valence-corrected chi connectivity index (χ3v) is 4.75. The van der Waals surface area contributed by atoms with E-state index >= 15 is 0 Å². The molecule has 1 aromatic rings. The van der Waals surface area contributed by atoms with Crippen LogP contribution >= 0.6 is 0 Å². The standard InChI is InChI=1S/C15H16FNO4/c1-9-6-12(10(16)7-11(9)17(19)20)21-14-8-13(18)15(14)4-2-3-5-15/h6-7,14H,2-5,8H2,1H3. The van der Waals surface area contributed by atoms with Crippen LogP contribution in [0.3, 0.4) is 0 Å². The smallest absolute Gasteiger partial charge is 0.275 e. The van der Waals surface area contributed by atoms with Gasteiger partial charge in [0, 0.05) is 12.0 Å². The Balaban J connectivity index is 1.84. The number of ether oxygens (including phenoxy) is 1. The average molecular weight is 293 g/mol. The highest BCUT2D eigenvalue weighted by molar-refractivity contribution is 5.92. The molecule has 0 heterocycles. The zero-order valence-electron chi connectivity index (χ0n) is 11.7. The van der Waals surface area contributed by atoms with E-state index in [1.54, 1.807) is 6.92 Å². The summed E-state index contributed by atoms with van der Waals surface area (Å²) in [6.45, 7) is 1.54. The Bertz CT molecular complexity index is 622. The molecule has 0 radical (unpaired) electrons. The van der Waals surface area contributed by atoms with E-state index in [9.17, 15) is 19.3 Å². The maximum absolute atomic E-state index is 14.0. The van der Waals surface area contributed by atoms with Crippen LogP contribution in [0.4, 0.5) is 10.1 Å². The van der Waals surface area contributed by atoms with Crippen LogP contribution < -0.4 is 4.74 Å². The first kappa shape index (κ1) is 14.0. The quantitative estimate of drug-likeness (QED) is 0.633. The van der Waals surface area contributed by atoms with E-state index in [0.29, 0.717) is 12.0 Å². The number of Topliss-reactive ketones (excluding diaryl/α,β-unsaturated/α-hetero) is 1. The lowest BCUT2D eigenvalue weighted by atomic mass is 9.63. The maximum atomic E-state index is 14.0. The molecule has 1 atom stereocenters. The van der Waals surface area contributed by atoms with Crippen molar-refractivity contribution in [3.8, 4) is 5.75 Å². The summed E-state index contributed by atoms with van der Waals surface area (Å²) in [5.41, 5.74) is -0.357. The number of benzene rings is 1. The van der Waals surface area contributed by atoms with Gasteiger partial charge in [-0.15, -0.1) is 0 Å². The van der Waals surface area contributed by atoms with Crippen molar-refractivity contribution in [1.29, 1.82) is 0 Å². The van der Waals surface area contributed by atoms with Crippen LogP contribution in [0, 0.1) is 28.3 Å². The highest BCUT2D eigenvalue weighted by Crippen LogP contribution is 2.52. The van der Waals surface area contributed by atoms with Crippen molar-refractivity contribution in [2.75, 3.05) is 0 Å². The second kappa shape index (κ2) is 4.79. The minimum Gasteiger partial charge on any atom is -0.486 e. The molecule has 5 nitrogen and oxygen atoms in total. The van der Waals surface area contributed by atoms with E-state index in [2.05, 4.69) is 0 Å². The van der Waals surface area contributed by atoms with Gasteiger partial charge in [-0.1, -0.05) is 12.8 Å². The van der Waals surface area contributed by atoms with Crippen LogP contribution in [0.2, 0.25) is 0 Å². The van der Waals surface area contributed by atoms with E-state index < -0.39 is 16.2 Å². The van der Waals surface area contributed by atoms with Crippen molar-refractivity contribution < 1.29 is 18.8 Å². The van der Waals surface area contributed by atoms with Gasteiger partial charge in [0.25, 0.3) is 5.69 Å². The topological polar surface area (TPSA) is 69.4 Å². The fourth-order valence-corrected chi connectivity index (χ4v) is 3.46. The third-order valence-electron chi connectivity index (χ3n) is 4.75. The summed E-state index contributed by atoms with van der Waals surface area (Å²) in [6.07, 6.45) is 3.58. The zero-order chi connectivity index (χ0) is 15.2.